The predicted octanol–water partition coefficient (Wildman–Crippen LogP) is 4.17. The van der Waals surface area contributed by atoms with Crippen LogP contribution in [0.15, 0.2) is 91.0 Å². The number of anilines is 1. The molecule has 0 unspecified atom stereocenters. The molecule has 0 atom stereocenters. The van der Waals surface area contributed by atoms with Crippen molar-refractivity contribution in [2.24, 2.45) is 0 Å². The lowest BCUT2D eigenvalue weighted by Crippen LogP contribution is -2.43. The lowest BCUT2D eigenvalue weighted by atomic mass is 10.2. The van der Waals surface area contributed by atoms with E-state index in [1.54, 1.807) is 54.6 Å². The first-order chi connectivity index (χ1) is 12.7. The van der Waals surface area contributed by atoms with Crippen LogP contribution in [0, 0.1) is 0 Å². The third-order valence-electron chi connectivity index (χ3n) is 3.63. The van der Waals surface area contributed by atoms with E-state index in [2.05, 4.69) is 5.32 Å². The van der Waals surface area contributed by atoms with Crippen LogP contribution in [0.2, 0.25) is 0 Å². The summed E-state index contributed by atoms with van der Waals surface area (Å²) in [6, 6.07) is 26.3. The molecule has 0 aliphatic carbocycles. The van der Waals surface area contributed by atoms with Crippen LogP contribution in [0.4, 0.5) is 10.5 Å². The van der Waals surface area contributed by atoms with E-state index in [-0.39, 0.29) is 6.61 Å². The second-order valence-corrected chi connectivity index (χ2v) is 5.51. The van der Waals surface area contributed by atoms with Crippen LogP contribution in [0.5, 0.6) is 0 Å². The van der Waals surface area contributed by atoms with Gasteiger partial charge in [-0.05, 0) is 29.8 Å². The average molecular weight is 346 g/mol. The van der Waals surface area contributed by atoms with Crippen LogP contribution in [-0.4, -0.2) is 11.9 Å². The van der Waals surface area contributed by atoms with E-state index >= 15 is 0 Å². The lowest BCUT2D eigenvalue weighted by molar-refractivity contribution is 0.0899. The van der Waals surface area contributed by atoms with Gasteiger partial charge < -0.3 is 0 Å². The third kappa shape index (κ3) is 4.55. The monoisotopic (exact) mass is 346 g/mol. The van der Waals surface area contributed by atoms with Gasteiger partial charge in [0, 0.05) is 5.56 Å². The Morgan fingerprint density at radius 3 is 1.92 bits per heavy atom. The molecule has 0 heterocycles. The van der Waals surface area contributed by atoms with Crippen LogP contribution < -0.4 is 10.4 Å². The summed E-state index contributed by atoms with van der Waals surface area (Å²) < 4.78 is 0. The van der Waals surface area contributed by atoms with Crippen LogP contribution in [0.25, 0.3) is 0 Å². The number of amides is 3. The van der Waals surface area contributed by atoms with Crippen molar-refractivity contribution in [2.75, 3.05) is 5.06 Å². The van der Waals surface area contributed by atoms with Crippen LogP contribution in [0.3, 0.4) is 0 Å². The molecule has 3 rings (SSSR count). The number of urea groups is 1. The number of imide groups is 1. The second kappa shape index (κ2) is 8.60. The molecule has 0 radical (unpaired) electrons. The van der Waals surface area contributed by atoms with Gasteiger partial charge in [-0.15, -0.1) is 0 Å². The number of para-hydroxylation sites is 1. The Hall–Kier alpha value is -3.44. The zero-order valence-corrected chi connectivity index (χ0v) is 14.0. The van der Waals surface area contributed by atoms with E-state index in [0.29, 0.717) is 11.3 Å². The molecular formula is C21H18N2O3. The van der Waals surface area contributed by atoms with Gasteiger partial charge in [-0.2, -0.15) is 5.06 Å². The van der Waals surface area contributed by atoms with Gasteiger partial charge >= 0.3 is 6.03 Å². The molecule has 3 aromatic rings. The van der Waals surface area contributed by atoms with E-state index < -0.39 is 11.9 Å². The highest BCUT2D eigenvalue weighted by Crippen LogP contribution is 2.16. The summed E-state index contributed by atoms with van der Waals surface area (Å²) in [4.78, 5) is 30.6. The number of hydrogen-bond acceptors (Lipinski definition) is 3. The second-order valence-electron chi connectivity index (χ2n) is 5.51. The van der Waals surface area contributed by atoms with Crippen molar-refractivity contribution in [3.8, 4) is 0 Å². The molecule has 5 nitrogen and oxygen atoms in total. The summed E-state index contributed by atoms with van der Waals surface area (Å²) in [6.07, 6.45) is 0. The smallest absolute Gasteiger partial charge is 0.272 e. The largest absolute Gasteiger partial charge is 0.353 e. The van der Waals surface area contributed by atoms with Crippen LogP contribution in [-0.2, 0) is 11.4 Å². The maximum atomic E-state index is 12.6. The summed E-state index contributed by atoms with van der Waals surface area (Å²) >= 11 is 0. The Morgan fingerprint density at radius 2 is 1.31 bits per heavy atom. The standard InChI is InChI=1S/C21H18N2O3/c24-20(18-12-6-2-7-13-18)22-21(25)23(19-14-8-3-9-15-19)26-16-17-10-4-1-5-11-17/h1-15H,16H2,(H,22,24,25). The SMILES string of the molecule is O=C(NC(=O)N(OCc1ccccc1)c1ccccc1)c1ccccc1. The van der Waals surface area contributed by atoms with Crippen LogP contribution in [0.1, 0.15) is 15.9 Å². The van der Waals surface area contributed by atoms with Gasteiger partial charge in [0.25, 0.3) is 5.91 Å². The highest BCUT2D eigenvalue weighted by atomic mass is 16.7. The fourth-order valence-corrected chi connectivity index (χ4v) is 2.34. The zero-order valence-electron chi connectivity index (χ0n) is 14.0. The van der Waals surface area contributed by atoms with E-state index in [0.717, 1.165) is 10.6 Å². The maximum absolute atomic E-state index is 12.6. The molecule has 1 N–H and O–H groups in total. The summed E-state index contributed by atoms with van der Waals surface area (Å²) in [6.45, 7) is 0.197. The lowest BCUT2D eigenvalue weighted by Gasteiger charge is -2.22. The van der Waals surface area contributed by atoms with E-state index in [9.17, 15) is 9.59 Å². The first-order valence-corrected chi connectivity index (χ1v) is 8.16. The van der Waals surface area contributed by atoms with Gasteiger partial charge in [0.15, 0.2) is 0 Å². The van der Waals surface area contributed by atoms with Gasteiger partial charge in [-0.1, -0.05) is 66.7 Å². The van der Waals surface area contributed by atoms with Gasteiger partial charge in [0.2, 0.25) is 0 Å². The fraction of sp³-hybridized carbons (Fsp3) is 0.0476. The van der Waals surface area contributed by atoms with Crippen molar-refractivity contribution >= 4 is 17.6 Å². The van der Waals surface area contributed by atoms with E-state index in [1.165, 1.54) is 0 Å². The Balaban J connectivity index is 1.74. The van der Waals surface area contributed by atoms with Gasteiger partial charge in [-0.3, -0.25) is 14.9 Å². The molecule has 0 saturated carbocycles. The number of nitrogens with one attached hydrogen (secondary N) is 1. The molecule has 130 valence electrons. The Bertz CT molecular complexity index is 852. The normalized spacial score (nSPS) is 10.2. The summed E-state index contributed by atoms with van der Waals surface area (Å²) in [5.41, 5.74) is 1.84. The molecule has 0 spiro atoms. The number of hydrogen-bond donors (Lipinski definition) is 1. The number of nitrogens with zero attached hydrogens (tertiary/aromatic N) is 1. The first kappa shape index (κ1) is 17.4. The molecule has 3 aromatic carbocycles. The molecule has 0 aliphatic rings. The number of carbonyl (C=O) groups excluding carboxylic acids is 2. The summed E-state index contributed by atoms with van der Waals surface area (Å²) in [5.74, 6) is -0.486. The van der Waals surface area contributed by atoms with Gasteiger partial charge in [0.1, 0.15) is 6.61 Å². The van der Waals surface area contributed by atoms with Crippen LogP contribution >= 0.6 is 0 Å². The third-order valence-corrected chi connectivity index (χ3v) is 3.63. The molecular weight excluding hydrogens is 328 g/mol. The first-order valence-electron chi connectivity index (χ1n) is 8.16. The van der Waals surface area contributed by atoms with Crippen molar-refractivity contribution in [3.05, 3.63) is 102 Å². The van der Waals surface area contributed by atoms with Crippen molar-refractivity contribution in [2.45, 2.75) is 6.61 Å². The molecule has 3 amide bonds. The van der Waals surface area contributed by atoms with Crippen molar-refractivity contribution < 1.29 is 14.4 Å². The highest BCUT2D eigenvalue weighted by Gasteiger charge is 2.20. The van der Waals surface area contributed by atoms with Gasteiger partial charge in [-0.25, -0.2) is 4.79 Å². The van der Waals surface area contributed by atoms with Gasteiger partial charge in [0.05, 0.1) is 5.69 Å². The number of hydroxylamine groups is 1. The number of carbonyl (C=O) groups is 2. The minimum Gasteiger partial charge on any atom is -0.272 e. The molecule has 26 heavy (non-hydrogen) atoms. The molecule has 0 fully saturated rings. The predicted molar refractivity (Wildman–Crippen MR) is 99.5 cm³/mol. The average Bonchev–Trinajstić information content (AvgIpc) is 2.70. The summed E-state index contributed by atoms with van der Waals surface area (Å²) in [5, 5.41) is 3.45. The molecule has 0 aromatic heterocycles. The minimum atomic E-state index is -0.652. The summed E-state index contributed by atoms with van der Waals surface area (Å²) in [7, 11) is 0. The Labute approximate surface area is 151 Å². The van der Waals surface area contributed by atoms with Crippen molar-refractivity contribution in [3.63, 3.8) is 0 Å². The van der Waals surface area contributed by atoms with Crippen molar-refractivity contribution in [1.29, 1.82) is 0 Å². The van der Waals surface area contributed by atoms with Crippen molar-refractivity contribution in [1.82, 2.24) is 5.32 Å². The Morgan fingerprint density at radius 1 is 0.769 bits per heavy atom. The highest BCUT2D eigenvalue weighted by molar-refractivity contribution is 6.08. The zero-order chi connectivity index (χ0) is 18.2. The quantitative estimate of drug-likeness (QED) is 0.705. The molecule has 5 heteroatoms. The molecule has 0 saturated heterocycles. The van der Waals surface area contributed by atoms with E-state index in [1.807, 2.05) is 36.4 Å². The maximum Gasteiger partial charge on any atom is 0.353 e. The molecule has 0 aliphatic heterocycles. The minimum absolute atomic E-state index is 0.197. The number of benzene rings is 3. The topological polar surface area (TPSA) is 58.6 Å². The van der Waals surface area contributed by atoms with E-state index in [4.69, 9.17) is 4.84 Å². The molecule has 0 bridgehead atoms. The fourth-order valence-electron chi connectivity index (χ4n) is 2.34. The Kier molecular flexibility index (Phi) is 5.75. The number of rotatable bonds is 5.